The first kappa shape index (κ1) is 13.4. The summed E-state index contributed by atoms with van der Waals surface area (Å²) in [6.45, 7) is 2.64. The van der Waals surface area contributed by atoms with Crippen LogP contribution in [0.2, 0.25) is 0 Å². The van der Waals surface area contributed by atoms with Gasteiger partial charge in [0, 0.05) is 18.7 Å². The van der Waals surface area contributed by atoms with Crippen LogP contribution in [0.25, 0.3) is 0 Å². The monoisotopic (exact) mass is 217 g/mol. The van der Waals surface area contributed by atoms with Crippen LogP contribution in [0.4, 0.5) is 0 Å². The first-order valence-electron chi connectivity index (χ1n) is 4.90. The Labute approximate surface area is 89.5 Å². The average Bonchev–Trinajstić information content (AvgIpc) is 2.15. The van der Waals surface area contributed by atoms with Gasteiger partial charge in [0.25, 0.3) is 0 Å². The van der Waals surface area contributed by atoms with Crippen LogP contribution in [-0.4, -0.2) is 23.4 Å². The van der Waals surface area contributed by atoms with Crippen LogP contribution in [-0.2, 0) is 4.79 Å². The number of amidine groups is 1. The zero-order chi connectivity index (χ0) is 10.8. The van der Waals surface area contributed by atoms with E-state index in [1.54, 1.807) is 0 Å². The van der Waals surface area contributed by atoms with Crippen molar-refractivity contribution in [2.45, 2.75) is 32.6 Å². The number of hydrogen-bond donors (Lipinski definition) is 2. The Morgan fingerprint density at radius 3 is 2.71 bits per heavy atom. The molecule has 1 amide bonds. The Morgan fingerprint density at radius 1 is 1.43 bits per heavy atom. The lowest BCUT2D eigenvalue weighted by Crippen LogP contribution is -2.13. The molecule has 0 aliphatic rings. The van der Waals surface area contributed by atoms with E-state index in [1.807, 2.05) is 0 Å². The number of nitrogens with two attached hydrogens (primary N) is 2. The van der Waals surface area contributed by atoms with E-state index < -0.39 is 0 Å². The third-order valence-electron chi connectivity index (χ3n) is 1.60. The molecular weight excluding hydrogens is 198 g/mol. The molecule has 0 aromatic heterocycles. The van der Waals surface area contributed by atoms with Crippen molar-refractivity contribution in [2.24, 2.45) is 16.5 Å². The average molecular weight is 217 g/mol. The van der Waals surface area contributed by atoms with Crippen molar-refractivity contribution in [3.63, 3.8) is 0 Å². The number of carbonyl (C=O) groups excluding carboxylic acids is 1. The van der Waals surface area contributed by atoms with E-state index in [2.05, 4.69) is 11.9 Å². The van der Waals surface area contributed by atoms with E-state index in [0.29, 0.717) is 23.9 Å². The minimum atomic E-state index is -0.125. The highest BCUT2D eigenvalue weighted by molar-refractivity contribution is 8.13. The quantitative estimate of drug-likeness (QED) is 0.396. The fraction of sp³-hybridized carbons (Fsp3) is 0.778. The molecule has 0 aromatic carbocycles. The topological polar surface area (TPSA) is 81.5 Å². The molecule has 0 spiro atoms. The molecule has 0 aliphatic heterocycles. The minimum absolute atomic E-state index is 0.125. The van der Waals surface area contributed by atoms with Gasteiger partial charge in [-0.15, -0.1) is 0 Å². The second-order valence-electron chi connectivity index (χ2n) is 2.94. The van der Waals surface area contributed by atoms with Crippen molar-refractivity contribution >= 4 is 22.8 Å². The van der Waals surface area contributed by atoms with E-state index in [-0.39, 0.29) is 5.91 Å². The predicted octanol–water partition coefficient (Wildman–Crippen LogP) is 1.10. The maximum absolute atomic E-state index is 11.2. The molecule has 0 aromatic rings. The predicted molar refractivity (Wildman–Crippen MR) is 62.3 cm³/mol. The van der Waals surface area contributed by atoms with Crippen molar-refractivity contribution in [1.29, 1.82) is 0 Å². The van der Waals surface area contributed by atoms with E-state index in [0.717, 1.165) is 19.3 Å². The van der Waals surface area contributed by atoms with Crippen LogP contribution < -0.4 is 11.5 Å². The SMILES string of the molecule is CCCCCC(=O)N=C(N)SCCN. The van der Waals surface area contributed by atoms with Gasteiger partial charge in [0.05, 0.1) is 0 Å². The van der Waals surface area contributed by atoms with Crippen LogP contribution >= 0.6 is 11.8 Å². The summed E-state index contributed by atoms with van der Waals surface area (Å²) in [6, 6.07) is 0. The van der Waals surface area contributed by atoms with Crippen LogP contribution in [0.3, 0.4) is 0 Å². The Balaban J connectivity index is 3.66. The number of rotatable bonds is 6. The zero-order valence-corrected chi connectivity index (χ0v) is 9.48. The van der Waals surface area contributed by atoms with E-state index >= 15 is 0 Å². The Bertz CT molecular complexity index is 194. The van der Waals surface area contributed by atoms with Gasteiger partial charge in [0.15, 0.2) is 5.17 Å². The Morgan fingerprint density at radius 2 is 2.14 bits per heavy atom. The third-order valence-corrected chi connectivity index (χ3v) is 2.42. The van der Waals surface area contributed by atoms with Gasteiger partial charge in [0.2, 0.25) is 5.91 Å². The Kier molecular flexibility index (Phi) is 8.67. The lowest BCUT2D eigenvalue weighted by atomic mass is 10.2. The van der Waals surface area contributed by atoms with Crippen LogP contribution in [0.1, 0.15) is 32.6 Å². The molecule has 4 N–H and O–H groups in total. The van der Waals surface area contributed by atoms with Crippen LogP contribution in [0.15, 0.2) is 4.99 Å². The molecule has 0 saturated heterocycles. The summed E-state index contributed by atoms with van der Waals surface area (Å²) in [7, 11) is 0. The van der Waals surface area contributed by atoms with Crippen molar-refractivity contribution in [3.8, 4) is 0 Å². The molecule has 0 atom stereocenters. The highest BCUT2D eigenvalue weighted by atomic mass is 32.2. The number of hydrogen-bond acceptors (Lipinski definition) is 3. The molecule has 4 nitrogen and oxygen atoms in total. The molecule has 0 rings (SSSR count). The first-order chi connectivity index (χ1) is 6.70. The van der Waals surface area contributed by atoms with Crippen molar-refractivity contribution in [1.82, 2.24) is 0 Å². The molecule has 0 radical (unpaired) electrons. The van der Waals surface area contributed by atoms with Crippen LogP contribution in [0.5, 0.6) is 0 Å². The minimum Gasteiger partial charge on any atom is -0.378 e. The largest absolute Gasteiger partial charge is 0.378 e. The third kappa shape index (κ3) is 8.07. The summed E-state index contributed by atoms with van der Waals surface area (Å²) >= 11 is 1.33. The molecule has 0 unspecified atom stereocenters. The molecule has 0 fully saturated rings. The van der Waals surface area contributed by atoms with Crippen LogP contribution in [0, 0.1) is 0 Å². The number of aliphatic imine (C=N–C) groups is 1. The van der Waals surface area contributed by atoms with E-state index in [4.69, 9.17) is 11.5 Å². The second kappa shape index (κ2) is 9.02. The summed E-state index contributed by atoms with van der Waals surface area (Å²) < 4.78 is 0. The summed E-state index contributed by atoms with van der Waals surface area (Å²) in [5.74, 6) is 0.581. The highest BCUT2D eigenvalue weighted by Crippen LogP contribution is 2.03. The van der Waals surface area contributed by atoms with Gasteiger partial charge >= 0.3 is 0 Å². The molecule has 0 bridgehead atoms. The maximum atomic E-state index is 11.2. The van der Waals surface area contributed by atoms with Crippen molar-refractivity contribution in [3.05, 3.63) is 0 Å². The fourth-order valence-electron chi connectivity index (χ4n) is 0.901. The Hall–Kier alpha value is -0.550. The number of nitrogens with zero attached hydrogens (tertiary/aromatic N) is 1. The zero-order valence-electron chi connectivity index (χ0n) is 8.66. The molecule has 5 heteroatoms. The molecule has 14 heavy (non-hydrogen) atoms. The lowest BCUT2D eigenvalue weighted by Gasteiger charge is -1.98. The van der Waals surface area contributed by atoms with E-state index in [1.165, 1.54) is 11.8 Å². The smallest absolute Gasteiger partial charge is 0.248 e. The first-order valence-corrected chi connectivity index (χ1v) is 5.89. The van der Waals surface area contributed by atoms with Gasteiger partial charge in [-0.05, 0) is 6.42 Å². The summed E-state index contributed by atoms with van der Waals surface area (Å²) in [6.07, 6.45) is 3.57. The summed E-state index contributed by atoms with van der Waals surface area (Å²) in [4.78, 5) is 14.9. The fourth-order valence-corrected chi connectivity index (χ4v) is 1.39. The van der Waals surface area contributed by atoms with Crippen molar-refractivity contribution < 1.29 is 4.79 Å². The van der Waals surface area contributed by atoms with Gasteiger partial charge < -0.3 is 11.5 Å². The molecule has 82 valence electrons. The lowest BCUT2D eigenvalue weighted by molar-refractivity contribution is -0.117. The molecule has 0 saturated carbocycles. The molecule has 0 heterocycles. The van der Waals surface area contributed by atoms with Gasteiger partial charge in [-0.2, -0.15) is 4.99 Å². The van der Waals surface area contributed by atoms with Gasteiger partial charge in [-0.25, -0.2) is 0 Å². The normalized spacial score (nSPS) is 11.7. The molecular formula is C9H19N3OS. The highest BCUT2D eigenvalue weighted by Gasteiger charge is 2.00. The summed E-state index contributed by atoms with van der Waals surface area (Å²) in [5, 5.41) is 0.331. The number of unbranched alkanes of at least 4 members (excludes halogenated alkanes) is 2. The van der Waals surface area contributed by atoms with Gasteiger partial charge in [0.1, 0.15) is 0 Å². The number of carbonyl (C=O) groups is 1. The number of thioether (sulfide) groups is 1. The summed E-state index contributed by atoms with van der Waals surface area (Å²) in [5.41, 5.74) is 10.8. The van der Waals surface area contributed by atoms with Gasteiger partial charge in [-0.3, -0.25) is 4.79 Å². The van der Waals surface area contributed by atoms with Gasteiger partial charge in [-0.1, -0.05) is 31.5 Å². The second-order valence-corrected chi connectivity index (χ2v) is 4.05. The van der Waals surface area contributed by atoms with E-state index in [9.17, 15) is 4.79 Å². The maximum Gasteiger partial charge on any atom is 0.248 e. The standard InChI is InChI=1S/C9H19N3OS/c1-2-3-4-5-8(13)12-9(11)14-7-6-10/h2-7,10H2,1H3,(H2,11,12,13). The number of amides is 1. The molecule has 0 aliphatic carbocycles. The van der Waals surface area contributed by atoms with Crippen molar-refractivity contribution in [2.75, 3.05) is 12.3 Å².